The first kappa shape index (κ1) is 17.5. The molecule has 0 unspecified atom stereocenters. The fourth-order valence-corrected chi connectivity index (χ4v) is 4.08. The highest BCUT2D eigenvalue weighted by Gasteiger charge is 2.39. The number of nitrogens with one attached hydrogen (secondary N) is 1. The molecular weight excluding hydrogens is 428 g/mol. The van der Waals surface area contributed by atoms with Crippen LogP contribution in [0.2, 0.25) is 0 Å². The standard InChI is InChI=1S/C19H11BrN4O2S/c20-12-6-7-13-14(8-12)19(26)24(18(13)25)16-15(9-21)17(23-22-16)27-10-11-4-2-1-3-5-11/h1-8H,10H2,(H,22,23). The first-order valence-electron chi connectivity index (χ1n) is 7.93. The number of H-pyrrole nitrogens is 1. The van der Waals surface area contributed by atoms with Gasteiger partial charge in [0.15, 0.2) is 5.82 Å². The van der Waals surface area contributed by atoms with Crippen molar-refractivity contribution in [1.82, 2.24) is 10.2 Å². The summed E-state index contributed by atoms with van der Waals surface area (Å²) in [6.07, 6.45) is 0. The summed E-state index contributed by atoms with van der Waals surface area (Å²) in [5.41, 5.74) is 1.87. The van der Waals surface area contributed by atoms with Crippen LogP contribution in [-0.4, -0.2) is 22.0 Å². The molecule has 27 heavy (non-hydrogen) atoms. The molecule has 2 heterocycles. The average molecular weight is 439 g/mol. The van der Waals surface area contributed by atoms with Crippen molar-refractivity contribution >= 4 is 45.3 Å². The lowest BCUT2D eigenvalue weighted by Gasteiger charge is -2.11. The summed E-state index contributed by atoms with van der Waals surface area (Å²) in [5.74, 6) is -0.219. The molecule has 0 bridgehead atoms. The van der Waals surface area contributed by atoms with E-state index in [-0.39, 0.29) is 11.4 Å². The van der Waals surface area contributed by atoms with Crippen LogP contribution in [0.25, 0.3) is 0 Å². The van der Waals surface area contributed by atoms with Crippen molar-refractivity contribution in [3.05, 3.63) is 75.3 Å². The van der Waals surface area contributed by atoms with Crippen LogP contribution >= 0.6 is 27.7 Å². The number of rotatable bonds is 4. The van der Waals surface area contributed by atoms with Crippen molar-refractivity contribution in [2.24, 2.45) is 0 Å². The van der Waals surface area contributed by atoms with Crippen LogP contribution in [0, 0.1) is 11.3 Å². The summed E-state index contributed by atoms with van der Waals surface area (Å²) < 4.78 is 0.702. The van der Waals surface area contributed by atoms with Gasteiger partial charge >= 0.3 is 0 Å². The van der Waals surface area contributed by atoms with E-state index in [2.05, 4.69) is 32.2 Å². The Kier molecular flexibility index (Phi) is 4.56. The van der Waals surface area contributed by atoms with Crippen molar-refractivity contribution in [3.8, 4) is 6.07 Å². The number of imide groups is 1. The first-order valence-corrected chi connectivity index (χ1v) is 9.71. The lowest BCUT2D eigenvalue weighted by molar-refractivity contribution is 0.0925. The van der Waals surface area contributed by atoms with E-state index in [9.17, 15) is 14.9 Å². The summed E-state index contributed by atoms with van der Waals surface area (Å²) in [5, 5.41) is 16.9. The number of carbonyl (C=O) groups is 2. The van der Waals surface area contributed by atoms with Gasteiger partial charge in [-0.15, -0.1) is 0 Å². The highest BCUT2D eigenvalue weighted by Crippen LogP contribution is 2.35. The van der Waals surface area contributed by atoms with E-state index in [4.69, 9.17) is 0 Å². The van der Waals surface area contributed by atoms with Gasteiger partial charge in [-0.05, 0) is 23.8 Å². The van der Waals surface area contributed by atoms with Gasteiger partial charge < -0.3 is 0 Å². The van der Waals surface area contributed by atoms with Gasteiger partial charge in [0, 0.05) is 10.2 Å². The zero-order valence-electron chi connectivity index (χ0n) is 13.8. The molecule has 1 aliphatic rings. The van der Waals surface area contributed by atoms with Crippen LogP contribution in [0.1, 0.15) is 31.8 Å². The molecule has 0 aliphatic carbocycles. The number of carbonyl (C=O) groups excluding carboxylic acids is 2. The van der Waals surface area contributed by atoms with Crippen LogP contribution in [0.15, 0.2) is 58.0 Å². The molecule has 0 spiro atoms. The number of nitrogens with zero attached hydrogens (tertiary/aromatic N) is 3. The SMILES string of the molecule is N#Cc1c(SCc2ccccc2)n[nH]c1N1C(=O)c2ccc(Br)cc2C1=O. The molecule has 0 saturated carbocycles. The number of hydrogen-bond acceptors (Lipinski definition) is 5. The van der Waals surface area contributed by atoms with Crippen molar-refractivity contribution in [3.63, 3.8) is 0 Å². The fraction of sp³-hybridized carbons (Fsp3) is 0.0526. The Balaban J connectivity index is 1.66. The van der Waals surface area contributed by atoms with Crippen molar-refractivity contribution in [2.45, 2.75) is 10.8 Å². The highest BCUT2D eigenvalue weighted by molar-refractivity contribution is 9.10. The fourth-order valence-electron chi connectivity index (χ4n) is 2.83. The van der Waals surface area contributed by atoms with Gasteiger partial charge in [-0.2, -0.15) is 10.4 Å². The van der Waals surface area contributed by atoms with Crippen molar-refractivity contribution in [1.29, 1.82) is 5.26 Å². The van der Waals surface area contributed by atoms with E-state index in [1.807, 2.05) is 30.3 Å². The summed E-state index contributed by atoms with van der Waals surface area (Å²) in [4.78, 5) is 26.4. The van der Waals surface area contributed by atoms with E-state index in [0.29, 0.717) is 26.4 Å². The highest BCUT2D eigenvalue weighted by atomic mass is 79.9. The minimum Gasteiger partial charge on any atom is -0.268 e. The minimum absolute atomic E-state index is 0.107. The van der Waals surface area contributed by atoms with Crippen LogP contribution in [0.4, 0.5) is 5.82 Å². The molecule has 1 N–H and O–H groups in total. The summed E-state index contributed by atoms with van der Waals surface area (Å²) in [7, 11) is 0. The van der Waals surface area contributed by atoms with E-state index in [0.717, 1.165) is 10.5 Å². The Morgan fingerprint density at radius 2 is 1.85 bits per heavy atom. The number of hydrogen-bond donors (Lipinski definition) is 1. The van der Waals surface area contributed by atoms with Crippen molar-refractivity contribution in [2.75, 3.05) is 4.90 Å². The van der Waals surface area contributed by atoms with Gasteiger partial charge in [-0.3, -0.25) is 14.7 Å². The quantitative estimate of drug-likeness (QED) is 0.488. The van der Waals surface area contributed by atoms with E-state index >= 15 is 0 Å². The van der Waals surface area contributed by atoms with E-state index < -0.39 is 11.8 Å². The maximum absolute atomic E-state index is 12.7. The third-order valence-corrected chi connectivity index (χ3v) is 5.66. The molecule has 2 amide bonds. The number of aromatic amines is 1. The van der Waals surface area contributed by atoms with Gasteiger partial charge in [0.05, 0.1) is 11.1 Å². The average Bonchev–Trinajstić information content (AvgIpc) is 3.19. The Hall–Kier alpha value is -2.89. The molecular formula is C19H11BrN4O2S. The number of aromatic nitrogens is 2. The minimum atomic E-state index is -0.476. The van der Waals surface area contributed by atoms with E-state index in [1.54, 1.807) is 18.2 Å². The number of fused-ring (bicyclic) bond motifs is 1. The molecule has 132 valence electrons. The third-order valence-electron chi connectivity index (χ3n) is 4.12. The number of benzene rings is 2. The number of amides is 2. The summed E-state index contributed by atoms with van der Waals surface area (Å²) >= 11 is 4.68. The van der Waals surface area contributed by atoms with Gasteiger partial charge in [0.2, 0.25) is 0 Å². The second kappa shape index (κ2) is 7.02. The number of thioether (sulfide) groups is 1. The van der Waals surface area contributed by atoms with Gasteiger partial charge in [-0.25, -0.2) is 4.90 Å². The topological polar surface area (TPSA) is 89.8 Å². The first-order chi connectivity index (χ1) is 13.1. The largest absolute Gasteiger partial charge is 0.268 e. The number of nitriles is 1. The van der Waals surface area contributed by atoms with Crippen LogP contribution in [0.3, 0.4) is 0 Å². The van der Waals surface area contributed by atoms with E-state index in [1.165, 1.54) is 11.8 Å². The second-order valence-electron chi connectivity index (χ2n) is 5.77. The molecule has 0 atom stereocenters. The normalized spacial score (nSPS) is 13.0. The Labute approximate surface area is 167 Å². The molecule has 4 rings (SSSR count). The molecule has 8 heteroatoms. The molecule has 2 aromatic carbocycles. The Morgan fingerprint density at radius 3 is 2.59 bits per heavy atom. The van der Waals surface area contributed by atoms with Gasteiger partial charge in [-0.1, -0.05) is 58.0 Å². The zero-order valence-corrected chi connectivity index (χ0v) is 16.2. The Morgan fingerprint density at radius 1 is 1.11 bits per heavy atom. The predicted octanol–water partition coefficient (Wildman–Crippen LogP) is 4.14. The van der Waals surface area contributed by atoms with Crippen LogP contribution in [-0.2, 0) is 5.75 Å². The van der Waals surface area contributed by atoms with Crippen LogP contribution in [0.5, 0.6) is 0 Å². The van der Waals surface area contributed by atoms with Crippen molar-refractivity contribution < 1.29 is 9.59 Å². The third kappa shape index (κ3) is 3.05. The van der Waals surface area contributed by atoms with Crippen LogP contribution < -0.4 is 4.90 Å². The molecule has 0 fully saturated rings. The maximum Gasteiger partial charge on any atom is 0.267 e. The molecule has 0 saturated heterocycles. The monoisotopic (exact) mass is 438 g/mol. The molecule has 1 aromatic heterocycles. The summed E-state index contributed by atoms with van der Waals surface area (Å²) in [6, 6.07) is 16.7. The van der Waals surface area contributed by atoms with Gasteiger partial charge in [0.25, 0.3) is 11.8 Å². The van der Waals surface area contributed by atoms with Gasteiger partial charge in [0.1, 0.15) is 16.7 Å². The zero-order chi connectivity index (χ0) is 19.0. The summed E-state index contributed by atoms with van der Waals surface area (Å²) in [6.45, 7) is 0. The second-order valence-corrected chi connectivity index (χ2v) is 7.65. The maximum atomic E-state index is 12.7. The number of anilines is 1. The predicted molar refractivity (Wildman–Crippen MR) is 105 cm³/mol. The lowest BCUT2D eigenvalue weighted by atomic mass is 10.1. The smallest absolute Gasteiger partial charge is 0.267 e. The molecule has 1 aliphatic heterocycles. The molecule has 3 aromatic rings. The Bertz CT molecular complexity index is 1100. The lowest BCUT2D eigenvalue weighted by Crippen LogP contribution is -2.30. The molecule has 0 radical (unpaired) electrons. The molecule has 6 nitrogen and oxygen atoms in total. The number of halogens is 1.